The molecule has 0 radical (unpaired) electrons. The molecule has 25 heavy (non-hydrogen) atoms. The molecule has 1 saturated carbocycles. The van der Waals surface area contributed by atoms with Crippen molar-refractivity contribution < 1.29 is 14.7 Å². The SMILES string of the molecule is CN(Cc1csc(NC(=O)NCc2ccc(Cl)s2)n1)C(=O)C1(O)CC1. The molecule has 3 N–H and O–H groups in total. The number of likely N-dealkylation sites (N-methyl/N-ethyl adjacent to an activating group) is 1. The summed E-state index contributed by atoms with van der Waals surface area (Å²) in [5.41, 5.74) is -0.526. The maximum absolute atomic E-state index is 12.0. The standard InChI is InChI=1S/C15H17ClN4O3S2/c1-20(12(21)15(23)4-5-15)7-9-8-24-14(18-9)19-13(22)17-6-10-2-3-11(16)25-10/h2-3,8,23H,4-7H2,1H3,(H2,17,18,19,22). The average Bonchev–Trinajstić information content (AvgIpc) is 2.96. The van der Waals surface area contributed by atoms with E-state index in [1.54, 1.807) is 18.5 Å². The maximum atomic E-state index is 12.0. The van der Waals surface area contributed by atoms with Crippen molar-refractivity contribution in [3.63, 3.8) is 0 Å². The number of rotatable bonds is 6. The van der Waals surface area contributed by atoms with Gasteiger partial charge in [-0.25, -0.2) is 9.78 Å². The fraction of sp³-hybridized carbons (Fsp3) is 0.400. The van der Waals surface area contributed by atoms with Crippen LogP contribution in [0.3, 0.4) is 0 Å². The van der Waals surface area contributed by atoms with Crippen molar-refractivity contribution in [3.8, 4) is 0 Å². The zero-order chi connectivity index (χ0) is 18.0. The Morgan fingerprint density at radius 2 is 2.20 bits per heavy atom. The molecule has 3 amide bonds. The topological polar surface area (TPSA) is 94.6 Å². The first-order valence-corrected chi connectivity index (χ1v) is 9.64. The molecule has 3 rings (SSSR count). The molecule has 2 aromatic rings. The van der Waals surface area contributed by atoms with Crippen LogP contribution in [-0.2, 0) is 17.9 Å². The summed E-state index contributed by atoms with van der Waals surface area (Å²) in [5.74, 6) is -0.289. The minimum Gasteiger partial charge on any atom is -0.380 e. The second-order valence-electron chi connectivity index (χ2n) is 5.85. The normalized spacial score (nSPS) is 14.8. The van der Waals surface area contributed by atoms with Gasteiger partial charge in [0.25, 0.3) is 5.91 Å². The van der Waals surface area contributed by atoms with E-state index in [9.17, 15) is 14.7 Å². The molecular weight excluding hydrogens is 384 g/mol. The highest BCUT2D eigenvalue weighted by Gasteiger charge is 2.49. The van der Waals surface area contributed by atoms with Gasteiger partial charge in [0, 0.05) is 17.3 Å². The van der Waals surface area contributed by atoms with Crippen LogP contribution >= 0.6 is 34.3 Å². The van der Waals surface area contributed by atoms with Crippen LogP contribution in [0.15, 0.2) is 17.5 Å². The number of nitrogens with one attached hydrogen (secondary N) is 2. The largest absolute Gasteiger partial charge is 0.380 e. The number of carbonyl (C=O) groups is 2. The van der Waals surface area contributed by atoms with Crippen LogP contribution in [-0.4, -0.2) is 39.6 Å². The first kappa shape index (κ1) is 18.1. The predicted molar refractivity (Wildman–Crippen MR) is 98.0 cm³/mol. The number of anilines is 1. The van der Waals surface area contributed by atoms with Crippen molar-refractivity contribution in [3.05, 3.63) is 32.4 Å². The van der Waals surface area contributed by atoms with Crippen molar-refractivity contribution >= 4 is 51.3 Å². The molecule has 0 saturated heterocycles. The maximum Gasteiger partial charge on any atom is 0.321 e. The van der Waals surface area contributed by atoms with E-state index in [1.807, 2.05) is 6.07 Å². The van der Waals surface area contributed by atoms with E-state index in [2.05, 4.69) is 15.6 Å². The smallest absolute Gasteiger partial charge is 0.321 e. The van der Waals surface area contributed by atoms with Crippen molar-refractivity contribution in [2.45, 2.75) is 31.5 Å². The lowest BCUT2D eigenvalue weighted by Gasteiger charge is -2.19. The molecule has 2 aromatic heterocycles. The highest BCUT2D eigenvalue weighted by Crippen LogP contribution is 2.36. The zero-order valence-corrected chi connectivity index (χ0v) is 15.8. The number of hydrogen-bond donors (Lipinski definition) is 3. The first-order chi connectivity index (χ1) is 11.9. The Bertz CT molecular complexity index is 787. The third-order valence-electron chi connectivity index (χ3n) is 3.69. The fourth-order valence-corrected chi connectivity index (χ4v) is 3.92. The number of nitrogens with zero attached hydrogens (tertiary/aromatic N) is 2. The van der Waals surface area contributed by atoms with Crippen LogP contribution in [0.2, 0.25) is 4.34 Å². The minimum absolute atomic E-state index is 0.286. The van der Waals surface area contributed by atoms with Crippen molar-refractivity contribution in [2.24, 2.45) is 0 Å². The Morgan fingerprint density at radius 3 is 2.84 bits per heavy atom. The number of halogens is 1. The van der Waals surface area contributed by atoms with Gasteiger partial charge >= 0.3 is 6.03 Å². The van der Waals surface area contributed by atoms with Crippen LogP contribution in [0.4, 0.5) is 9.93 Å². The van der Waals surface area contributed by atoms with E-state index < -0.39 is 5.60 Å². The number of aromatic nitrogens is 1. The number of thiazole rings is 1. The molecule has 0 aromatic carbocycles. The second-order valence-corrected chi connectivity index (χ2v) is 8.51. The Balaban J connectivity index is 1.47. The van der Waals surface area contributed by atoms with E-state index in [0.29, 0.717) is 34.5 Å². The molecule has 1 aliphatic rings. The molecule has 1 fully saturated rings. The zero-order valence-electron chi connectivity index (χ0n) is 13.4. The molecular formula is C15H17ClN4O3S2. The summed E-state index contributed by atoms with van der Waals surface area (Å²) in [6.07, 6.45) is 1.02. The van der Waals surface area contributed by atoms with Crippen molar-refractivity contribution in [2.75, 3.05) is 12.4 Å². The number of hydrogen-bond acceptors (Lipinski definition) is 6. The van der Waals surface area contributed by atoms with Gasteiger partial charge in [0.2, 0.25) is 0 Å². The highest BCUT2D eigenvalue weighted by atomic mass is 35.5. The number of amides is 3. The lowest BCUT2D eigenvalue weighted by Crippen LogP contribution is -2.37. The van der Waals surface area contributed by atoms with Gasteiger partial charge in [0.05, 0.1) is 23.1 Å². The Labute approximate surface area is 157 Å². The lowest BCUT2D eigenvalue weighted by molar-refractivity contribution is -0.141. The van der Waals surface area contributed by atoms with Crippen LogP contribution in [0.5, 0.6) is 0 Å². The molecule has 1 aliphatic carbocycles. The molecule has 2 heterocycles. The van der Waals surface area contributed by atoms with E-state index in [4.69, 9.17) is 11.6 Å². The molecule has 0 atom stereocenters. The summed E-state index contributed by atoms with van der Waals surface area (Å²) >= 11 is 8.53. The predicted octanol–water partition coefficient (Wildman–Crippen LogP) is 2.66. The number of aliphatic hydroxyl groups is 1. The Hall–Kier alpha value is -1.68. The third kappa shape index (κ3) is 4.69. The van der Waals surface area contributed by atoms with Crippen LogP contribution in [0, 0.1) is 0 Å². The molecule has 134 valence electrons. The summed E-state index contributed by atoms with van der Waals surface area (Å²) in [6, 6.07) is 3.28. The van der Waals surface area contributed by atoms with E-state index >= 15 is 0 Å². The van der Waals surface area contributed by atoms with Gasteiger partial charge in [-0.1, -0.05) is 11.6 Å². The summed E-state index contributed by atoms with van der Waals surface area (Å²) in [6.45, 7) is 0.673. The molecule has 10 heteroatoms. The molecule has 0 aliphatic heterocycles. The quantitative estimate of drug-likeness (QED) is 0.694. The number of urea groups is 1. The van der Waals surface area contributed by atoms with Crippen molar-refractivity contribution in [1.82, 2.24) is 15.2 Å². The number of thiophene rings is 1. The van der Waals surface area contributed by atoms with Gasteiger partial charge in [-0.2, -0.15) is 0 Å². The number of carbonyl (C=O) groups excluding carboxylic acids is 2. The minimum atomic E-state index is -1.18. The highest BCUT2D eigenvalue weighted by molar-refractivity contribution is 7.16. The summed E-state index contributed by atoms with van der Waals surface area (Å²) in [5, 5.41) is 17.5. The van der Waals surface area contributed by atoms with Crippen molar-refractivity contribution in [1.29, 1.82) is 0 Å². The third-order valence-corrected chi connectivity index (χ3v) is 5.73. The van der Waals surface area contributed by atoms with Gasteiger partial charge in [0.1, 0.15) is 5.60 Å². The second kappa shape index (κ2) is 7.28. The lowest BCUT2D eigenvalue weighted by atomic mass is 10.3. The molecule has 0 bridgehead atoms. The van der Waals surface area contributed by atoms with Gasteiger partial charge in [-0.15, -0.1) is 22.7 Å². The summed E-state index contributed by atoms with van der Waals surface area (Å²) in [4.78, 5) is 30.6. The van der Waals surface area contributed by atoms with Crippen LogP contribution in [0.1, 0.15) is 23.4 Å². The average molecular weight is 401 g/mol. The Morgan fingerprint density at radius 1 is 1.44 bits per heavy atom. The fourth-order valence-electron chi connectivity index (χ4n) is 2.19. The summed E-state index contributed by atoms with van der Waals surface area (Å²) < 4.78 is 0.677. The van der Waals surface area contributed by atoms with Gasteiger partial charge in [-0.05, 0) is 25.0 Å². The molecule has 0 unspecified atom stereocenters. The van der Waals surface area contributed by atoms with E-state index in [-0.39, 0.29) is 18.5 Å². The van der Waals surface area contributed by atoms with Gasteiger partial charge < -0.3 is 15.3 Å². The molecule has 7 nitrogen and oxygen atoms in total. The van der Waals surface area contributed by atoms with Gasteiger partial charge in [-0.3, -0.25) is 10.1 Å². The van der Waals surface area contributed by atoms with E-state index in [1.165, 1.54) is 27.6 Å². The first-order valence-electron chi connectivity index (χ1n) is 7.57. The van der Waals surface area contributed by atoms with Crippen LogP contribution in [0.25, 0.3) is 0 Å². The monoisotopic (exact) mass is 400 g/mol. The van der Waals surface area contributed by atoms with Crippen LogP contribution < -0.4 is 10.6 Å². The summed E-state index contributed by atoms with van der Waals surface area (Å²) in [7, 11) is 1.63. The molecule has 0 spiro atoms. The van der Waals surface area contributed by atoms with Gasteiger partial charge in [0.15, 0.2) is 5.13 Å². The van der Waals surface area contributed by atoms with E-state index in [0.717, 1.165) is 4.88 Å². The Kier molecular flexibility index (Phi) is 5.28.